The zero-order valence-corrected chi connectivity index (χ0v) is 16.1. The Kier molecular flexibility index (Phi) is 4.88. The Balaban J connectivity index is 1.49. The van der Waals surface area contributed by atoms with Crippen molar-refractivity contribution in [1.29, 1.82) is 0 Å². The van der Waals surface area contributed by atoms with Crippen LogP contribution < -0.4 is 10.9 Å². The lowest BCUT2D eigenvalue weighted by Crippen LogP contribution is -2.46. The minimum Gasteiger partial charge on any atom is -0.484 e. The first-order valence-corrected chi connectivity index (χ1v) is 9.31. The third-order valence-corrected chi connectivity index (χ3v) is 4.86. The van der Waals surface area contributed by atoms with E-state index in [0.29, 0.717) is 30.1 Å². The second kappa shape index (κ2) is 7.50. The molecule has 3 heterocycles. The van der Waals surface area contributed by atoms with Crippen LogP contribution in [0, 0.1) is 0 Å². The molecule has 0 unspecified atom stereocenters. The Bertz CT molecular complexity index is 1060. The SMILES string of the molecule is CC1(C)OC2=CCc3oc(=O)ccc3C=C2C[C@@H]1OC(=O)N/C=C/c1ccco1. The summed E-state index contributed by atoms with van der Waals surface area (Å²) >= 11 is 0. The number of fused-ring (bicyclic) bond motifs is 2. The maximum atomic E-state index is 12.2. The van der Waals surface area contributed by atoms with Gasteiger partial charge in [0, 0.05) is 30.7 Å². The molecule has 4 rings (SSSR count). The Morgan fingerprint density at radius 2 is 2.17 bits per heavy atom. The molecule has 1 aliphatic carbocycles. The summed E-state index contributed by atoms with van der Waals surface area (Å²) < 4.78 is 22.2. The topological polar surface area (TPSA) is 90.9 Å². The highest BCUT2D eigenvalue weighted by Crippen LogP contribution is 2.39. The van der Waals surface area contributed by atoms with Crippen LogP contribution in [0.1, 0.15) is 37.4 Å². The largest absolute Gasteiger partial charge is 0.484 e. The fourth-order valence-corrected chi connectivity index (χ4v) is 3.31. The molecule has 2 aliphatic rings. The summed E-state index contributed by atoms with van der Waals surface area (Å²) in [6, 6.07) is 6.65. The van der Waals surface area contributed by atoms with E-state index in [-0.39, 0.29) is 5.63 Å². The Hall–Kier alpha value is -3.48. The van der Waals surface area contributed by atoms with E-state index in [4.69, 9.17) is 18.3 Å². The minimum absolute atomic E-state index is 0.382. The van der Waals surface area contributed by atoms with Crippen molar-refractivity contribution >= 4 is 18.2 Å². The molecule has 0 radical (unpaired) electrons. The van der Waals surface area contributed by atoms with Gasteiger partial charge in [-0.3, -0.25) is 5.32 Å². The lowest BCUT2D eigenvalue weighted by molar-refractivity contribution is -0.0868. The molecule has 0 bridgehead atoms. The van der Waals surface area contributed by atoms with Gasteiger partial charge in [-0.15, -0.1) is 0 Å². The van der Waals surface area contributed by atoms with Crippen LogP contribution in [-0.2, 0) is 15.9 Å². The van der Waals surface area contributed by atoms with Crippen molar-refractivity contribution in [3.05, 3.63) is 81.6 Å². The number of alkyl carbamates (subject to hydrolysis) is 1. The summed E-state index contributed by atoms with van der Waals surface area (Å²) in [5.41, 5.74) is 0.606. The van der Waals surface area contributed by atoms with Gasteiger partial charge in [-0.25, -0.2) is 9.59 Å². The molecule has 29 heavy (non-hydrogen) atoms. The first-order chi connectivity index (χ1) is 13.9. The number of rotatable bonds is 3. The highest BCUT2D eigenvalue weighted by Gasteiger charge is 2.41. The number of allylic oxidation sites excluding steroid dienone is 2. The van der Waals surface area contributed by atoms with Crippen molar-refractivity contribution in [2.45, 2.75) is 38.4 Å². The zero-order chi connectivity index (χ0) is 20.4. The summed E-state index contributed by atoms with van der Waals surface area (Å²) in [7, 11) is 0. The normalized spacial score (nSPS) is 19.9. The third kappa shape index (κ3) is 4.18. The van der Waals surface area contributed by atoms with Crippen LogP contribution in [0.3, 0.4) is 0 Å². The second-order valence-electron chi connectivity index (χ2n) is 7.37. The molecule has 1 fully saturated rings. The average molecular weight is 395 g/mol. The second-order valence-corrected chi connectivity index (χ2v) is 7.37. The monoisotopic (exact) mass is 395 g/mol. The summed E-state index contributed by atoms with van der Waals surface area (Å²) in [5.74, 6) is 1.92. The van der Waals surface area contributed by atoms with Gasteiger partial charge in [-0.1, -0.05) is 0 Å². The van der Waals surface area contributed by atoms with Crippen LogP contribution in [-0.4, -0.2) is 17.8 Å². The van der Waals surface area contributed by atoms with Crippen LogP contribution >= 0.6 is 0 Å². The molecular formula is C22H21NO6. The zero-order valence-electron chi connectivity index (χ0n) is 16.1. The van der Waals surface area contributed by atoms with E-state index < -0.39 is 17.8 Å². The molecule has 7 nitrogen and oxygen atoms in total. The van der Waals surface area contributed by atoms with Crippen molar-refractivity contribution in [3.8, 4) is 0 Å². The van der Waals surface area contributed by atoms with E-state index in [2.05, 4.69) is 5.32 Å². The van der Waals surface area contributed by atoms with Gasteiger partial charge in [-0.2, -0.15) is 0 Å². The average Bonchev–Trinajstić information content (AvgIpc) is 3.12. The van der Waals surface area contributed by atoms with E-state index in [0.717, 1.165) is 11.1 Å². The lowest BCUT2D eigenvalue weighted by Gasteiger charge is -2.40. The number of amides is 1. The van der Waals surface area contributed by atoms with E-state index in [1.807, 2.05) is 26.0 Å². The van der Waals surface area contributed by atoms with Gasteiger partial charge in [0.1, 0.15) is 29.0 Å². The number of nitrogens with one attached hydrogen (secondary N) is 1. The highest BCUT2D eigenvalue weighted by atomic mass is 16.6. The van der Waals surface area contributed by atoms with Crippen molar-refractivity contribution < 1.29 is 23.1 Å². The number of hydrogen-bond donors (Lipinski definition) is 1. The number of hydrogen-bond acceptors (Lipinski definition) is 6. The molecule has 1 atom stereocenters. The minimum atomic E-state index is -0.720. The predicted molar refractivity (Wildman–Crippen MR) is 106 cm³/mol. The number of carbonyl (C=O) groups is 1. The number of ether oxygens (including phenoxy) is 2. The Morgan fingerprint density at radius 1 is 1.31 bits per heavy atom. The molecule has 1 aliphatic heterocycles. The van der Waals surface area contributed by atoms with Gasteiger partial charge in [-0.05, 0) is 55.8 Å². The van der Waals surface area contributed by atoms with Crippen molar-refractivity contribution in [2.24, 2.45) is 0 Å². The van der Waals surface area contributed by atoms with Gasteiger partial charge >= 0.3 is 11.7 Å². The molecule has 0 spiro atoms. The van der Waals surface area contributed by atoms with Crippen LogP contribution in [0.15, 0.2) is 67.8 Å². The number of carbonyl (C=O) groups excluding carboxylic acids is 1. The predicted octanol–water partition coefficient (Wildman–Crippen LogP) is 4.02. The van der Waals surface area contributed by atoms with E-state index in [1.54, 1.807) is 30.5 Å². The van der Waals surface area contributed by atoms with E-state index >= 15 is 0 Å². The quantitative estimate of drug-likeness (QED) is 0.844. The van der Waals surface area contributed by atoms with Crippen LogP contribution in [0.25, 0.3) is 12.2 Å². The van der Waals surface area contributed by atoms with Gasteiger partial charge in [0.15, 0.2) is 0 Å². The highest BCUT2D eigenvalue weighted by molar-refractivity contribution is 5.70. The summed E-state index contributed by atoms with van der Waals surface area (Å²) in [6.45, 7) is 3.75. The van der Waals surface area contributed by atoms with Gasteiger partial charge in [0.2, 0.25) is 0 Å². The van der Waals surface area contributed by atoms with Gasteiger partial charge < -0.3 is 18.3 Å². The molecular weight excluding hydrogens is 374 g/mol. The Morgan fingerprint density at radius 3 is 2.97 bits per heavy atom. The maximum absolute atomic E-state index is 12.2. The van der Waals surface area contributed by atoms with Crippen LogP contribution in [0.4, 0.5) is 4.79 Å². The first kappa shape index (κ1) is 18.9. The smallest absolute Gasteiger partial charge is 0.411 e. The summed E-state index contributed by atoms with van der Waals surface area (Å²) in [5, 5.41) is 2.57. The molecule has 0 aromatic carbocycles. The molecule has 7 heteroatoms. The van der Waals surface area contributed by atoms with Crippen molar-refractivity contribution in [2.75, 3.05) is 0 Å². The van der Waals surface area contributed by atoms with Crippen molar-refractivity contribution in [1.82, 2.24) is 5.32 Å². The molecule has 2 aromatic rings. The molecule has 1 amide bonds. The molecule has 1 saturated heterocycles. The van der Waals surface area contributed by atoms with Crippen LogP contribution in [0.2, 0.25) is 0 Å². The fourth-order valence-electron chi connectivity index (χ4n) is 3.31. The maximum Gasteiger partial charge on any atom is 0.411 e. The van der Waals surface area contributed by atoms with E-state index in [9.17, 15) is 9.59 Å². The van der Waals surface area contributed by atoms with E-state index in [1.165, 1.54) is 12.3 Å². The van der Waals surface area contributed by atoms with Crippen molar-refractivity contribution in [3.63, 3.8) is 0 Å². The summed E-state index contributed by atoms with van der Waals surface area (Å²) in [4.78, 5) is 23.7. The third-order valence-electron chi connectivity index (χ3n) is 4.86. The molecule has 1 N–H and O–H groups in total. The Labute approximate surface area is 167 Å². The fraction of sp³-hybridized carbons (Fsp3) is 0.273. The molecule has 2 aromatic heterocycles. The standard InChI is InChI=1S/C22H21NO6/c1-22(2)19(28-21(25)23-10-9-16-4-3-11-26-16)13-15-12-14-5-8-20(24)27-17(14)6-7-18(15)29-22/h3-5,7-12,19H,6,13H2,1-2H3,(H,23,25)/b10-9+/t19-/m0/s1. The van der Waals surface area contributed by atoms with Gasteiger partial charge in [0.05, 0.1) is 6.26 Å². The van der Waals surface area contributed by atoms with Crippen LogP contribution in [0.5, 0.6) is 0 Å². The molecule has 150 valence electrons. The number of furan rings is 1. The molecule has 0 saturated carbocycles. The summed E-state index contributed by atoms with van der Waals surface area (Å²) in [6.07, 6.45) is 8.31. The van der Waals surface area contributed by atoms with Gasteiger partial charge in [0.25, 0.3) is 0 Å². The first-order valence-electron chi connectivity index (χ1n) is 9.31. The lowest BCUT2D eigenvalue weighted by atomic mass is 9.89.